The predicted molar refractivity (Wildman–Crippen MR) is 140 cm³/mol. The van der Waals surface area contributed by atoms with Crippen molar-refractivity contribution in [1.29, 1.82) is 0 Å². The number of nitrogens with zero attached hydrogens (tertiary/aromatic N) is 1. The van der Waals surface area contributed by atoms with Crippen LogP contribution in [0.2, 0.25) is 0 Å². The second-order valence-electron chi connectivity index (χ2n) is 8.96. The molecule has 1 aliphatic rings. The first-order chi connectivity index (χ1) is 17.8. The van der Waals surface area contributed by atoms with Crippen molar-refractivity contribution < 1.29 is 22.7 Å². The van der Waals surface area contributed by atoms with Crippen molar-refractivity contribution in [3.8, 4) is 34.4 Å². The minimum absolute atomic E-state index is 0.0182. The Hall–Kier alpha value is -3.74. The lowest BCUT2D eigenvalue weighted by atomic mass is 9.85. The van der Waals surface area contributed by atoms with E-state index in [2.05, 4.69) is 16.8 Å². The van der Waals surface area contributed by atoms with Gasteiger partial charge in [-0.05, 0) is 41.3 Å². The molecule has 8 heteroatoms. The fourth-order valence-electron chi connectivity index (χ4n) is 4.35. The SMILES string of the molecule is NS(=O)(=O)c1ccc(-c2oc(C#CCc3cccc(C4(O)CCOCC4)c3)nc2-c2ccccc2)cc1. The number of sulfonamides is 1. The summed E-state index contributed by atoms with van der Waals surface area (Å²) < 4.78 is 34.7. The number of benzene rings is 3. The molecule has 3 aromatic carbocycles. The van der Waals surface area contributed by atoms with Gasteiger partial charge in [0.2, 0.25) is 10.0 Å². The van der Waals surface area contributed by atoms with E-state index >= 15 is 0 Å². The summed E-state index contributed by atoms with van der Waals surface area (Å²) in [6.07, 6.45) is 1.60. The molecule has 1 saturated heterocycles. The third-order valence-corrected chi connectivity index (χ3v) is 7.32. The summed E-state index contributed by atoms with van der Waals surface area (Å²) >= 11 is 0. The Morgan fingerprint density at radius 2 is 1.68 bits per heavy atom. The number of hydrogen-bond donors (Lipinski definition) is 2. The van der Waals surface area contributed by atoms with Gasteiger partial charge in [0.15, 0.2) is 5.76 Å². The number of nitrogens with two attached hydrogens (primary N) is 1. The minimum atomic E-state index is -3.80. The molecule has 0 atom stereocenters. The van der Waals surface area contributed by atoms with E-state index < -0.39 is 15.6 Å². The summed E-state index contributed by atoms with van der Waals surface area (Å²) in [5.74, 6) is 6.88. The van der Waals surface area contributed by atoms with E-state index in [1.54, 1.807) is 12.1 Å². The lowest BCUT2D eigenvalue weighted by Crippen LogP contribution is -2.33. The second kappa shape index (κ2) is 10.3. The van der Waals surface area contributed by atoms with E-state index in [1.165, 1.54) is 12.1 Å². The van der Waals surface area contributed by atoms with Crippen molar-refractivity contribution in [2.75, 3.05) is 13.2 Å². The fourth-order valence-corrected chi connectivity index (χ4v) is 4.86. The maximum Gasteiger partial charge on any atom is 0.274 e. The van der Waals surface area contributed by atoms with Gasteiger partial charge in [-0.25, -0.2) is 18.5 Å². The highest BCUT2D eigenvalue weighted by Crippen LogP contribution is 2.34. The molecular weight excluding hydrogens is 488 g/mol. The monoisotopic (exact) mass is 514 g/mol. The van der Waals surface area contributed by atoms with Crippen molar-refractivity contribution in [3.63, 3.8) is 0 Å². The maximum absolute atomic E-state index is 11.6. The van der Waals surface area contributed by atoms with E-state index in [4.69, 9.17) is 14.3 Å². The molecule has 188 valence electrons. The summed E-state index contributed by atoms with van der Waals surface area (Å²) in [4.78, 5) is 4.64. The highest BCUT2D eigenvalue weighted by Gasteiger charge is 2.31. The summed E-state index contributed by atoms with van der Waals surface area (Å²) in [6, 6.07) is 23.5. The van der Waals surface area contributed by atoms with Gasteiger partial charge in [-0.2, -0.15) is 0 Å². The molecule has 0 spiro atoms. The van der Waals surface area contributed by atoms with Crippen LogP contribution in [0.4, 0.5) is 0 Å². The Bertz CT molecular complexity index is 1560. The zero-order chi connectivity index (χ0) is 25.9. The van der Waals surface area contributed by atoms with Crippen LogP contribution in [0.25, 0.3) is 22.6 Å². The Labute approximate surface area is 216 Å². The molecule has 5 rings (SSSR count). The molecule has 0 bridgehead atoms. The van der Waals surface area contributed by atoms with Crippen LogP contribution in [0.5, 0.6) is 0 Å². The van der Waals surface area contributed by atoms with Crippen LogP contribution in [0.15, 0.2) is 88.2 Å². The van der Waals surface area contributed by atoms with Gasteiger partial charge in [-0.1, -0.05) is 60.5 Å². The average molecular weight is 515 g/mol. The molecule has 1 fully saturated rings. The Kier molecular flexibility index (Phi) is 6.96. The van der Waals surface area contributed by atoms with Crippen LogP contribution in [-0.2, 0) is 26.8 Å². The number of aliphatic hydroxyl groups is 1. The van der Waals surface area contributed by atoms with Crippen LogP contribution in [0.1, 0.15) is 29.9 Å². The molecule has 3 N–H and O–H groups in total. The van der Waals surface area contributed by atoms with Crippen molar-refractivity contribution in [3.05, 3.63) is 95.9 Å². The molecule has 2 heterocycles. The van der Waals surface area contributed by atoms with Crippen LogP contribution in [-0.4, -0.2) is 31.7 Å². The van der Waals surface area contributed by atoms with E-state index in [-0.39, 0.29) is 10.8 Å². The summed E-state index contributed by atoms with van der Waals surface area (Å²) in [7, 11) is -3.80. The van der Waals surface area contributed by atoms with Crippen molar-refractivity contribution in [2.45, 2.75) is 29.8 Å². The number of primary sulfonamides is 1. The van der Waals surface area contributed by atoms with Crippen LogP contribution in [0, 0.1) is 11.8 Å². The minimum Gasteiger partial charge on any atom is -0.429 e. The quantitative estimate of drug-likeness (QED) is 0.385. The smallest absolute Gasteiger partial charge is 0.274 e. The highest BCUT2D eigenvalue weighted by atomic mass is 32.2. The lowest BCUT2D eigenvalue weighted by molar-refractivity contribution is -0.0679. The second-order valence-corrected chi connectivity index (χ2v) is 10.5. The van der Waals surface area contributed by atoms with E-state index in [0.717, 1.165) is 16.7 Å². The standard InChI is InChI=1S/C29H26N2O5S/c30-37(33,34)25-14-12-23(13-15-25)28-27(22-8-2-1-3-9-22)31-26(36-28)11-5-7-21-6-4-10-24(20-21)29(32)16-18-35-19-17-29/h1-4,6,8-10,12-15,20,32H,7,16-19H2,(H2,30,33,34). The van der Waals surface area contributed by atoms with Crippen molar-refractivity contribution in [2.24, 2.45) is 5.14 Å². The van der Waals surface area contributed by atoms with E-state index in [0.29, 0.717) is 49.5 Å². The Morgan fingerprint density at radius 1 is 0.946 bits per heavy atom. The molecule has 4 aromatic rings. The number of hydrogen-bond acceptors (Lipinski definition) is 6. The Balaban J connectivity index is 1.43. The number of oxazole rings is 1. The van der Waals surface area contributed by atoms with Crippen molar-refractivity contribution in [1.82, 2.24) is 4.98 Å². The number of aromatic nitrogens is 1. The summed E-state index contributed by atoms with van der Waals surface area (Å²) in [5, 5.41) is 16.2. The Morgan fingerprint density at radius 3 is 2.38 bits per heavy atom. The molecule has 1 aliphatic heterocycles. The van der Waals surface area contributed by atoms with Gasteiger partial charge in [0.05, 0.1) is 10.5 Å². The molecule has 0 radical (unpaired) electrons. The topological polar surface area (TPSA) is 116 Å². The lowest BCUT2D eigenvalue weighted by Gasteiger charge is -2.32. The van der Waals surface area contributed by atoms with Gasteiger partial charge in [-0.15, -0.1) is 0 Å². The summed E-state index contributed by atoms with van der Waals surface area (Å²) in [6.45, 7) is 1.09. The van der Waals surface area contributed by atoms with Gasteiger partial charge in [-0.3, -0.25) is 0 Å². The zero-order valence-electron chi connectivity index (χ0n) is 20.1. The molecule has 0 aliphatic carbocycles. The van der Waals surface area contributed by atoms with Crippen molar-refractivity contribution >= 4 is 10.0 Å². The third-order valence-electron chi connectivity index (χ3n) is 6.39. The molecule has 0 amide bonds. The summed E-state index contributed by atoms with van der Waals surface area (Å²) in [5.41, 5.74) is 3.10. The third kappa shape index (κ3) is 5.66. The van der Waals surface area contributed by atoms with Gasteiger partial charge in [0.1, 0.15) is 5.69 Å². The number of rotatable bonds is 5. The normalized spacial score (nSPS) is 15.1. The highest BCUT2D eigenvalue weighted by molar-refractivity contribution is 7.89. The zero-order valence-corrected chi connectivity index (χ0v) is 20.9. The average Bonchev–Trinajstić information content (AvgIpc) is 3.34. The largest absolute Gasteiger partial charge is 0.429 e. The first kappa shape index (κ1) is 24.9. The predicted octanol–water partition coefficient (Wildman–Crippen LogP) is 4.25. The van der Waals surface area contributed by atoms with E-state index in [1.807, 2.05) is 54.6 Å². The molecule has 37 heavy (non-hydrogen) atoms. The first-order valence-electron chi connectivity index (χ1n) is 11.9. The fraction of sp³-hybridized carbons (Fsp3) is 0.207. The van der Waals surface area contributed by atoms with Gasteiger partial charge >= 0.3 is 0 Å². The van der Waals surface area contributed by atoms with E-state index in [9.17, 15) is 13.5 Å². The maximum atomic E-state index is 11.6. The molecule has 7 nitrogen and oxygen atoms in total. The van der Waals surface area contributed by atoms with Gasteiger partial charge in [0, 0.05) is 43.6 Å². The molecule has 0 unspecified atom stereocenters. The van der Waals surface area contributed by atoms with Crippen LogP contribution in [0.3, 0.4) is 0 Å². The van der Waals surface area contributed by atoms with Crippen LogP contribution < -0.4 is 5.14 Å². The molecule has 1 aromatic heterocycles. The first-order valence-corrected chi connectivity index (χ1v) is 13.4. The van der Waals surface area contributed by atoms with Gasteiger partial charge in [0.25, 0.3) is 5.89 Å². The van der Waals surface area contributed by atoms with Gasteiger partial charge < -0.3 is 14.3 Å². The molecule has 0 saturated carbocycles. The number of ether oxygens (including phenoxy) is 1. The molecular formula is C29H26N2O5S. The van der Waals surface area contributed by atoms with Crippen LogP contribution >= 0.6 is 0 Å².